The lowest BCUT2D eigenvalue weighted by atomic mass is 9.84. The fourth-order valence-corrected chi connectivity index (χ4v) is 3.40. The van der Waals surface area contributed by atoms with Crippen LogP contribution in [-0.4, -0.2) is 25.8 Å². The van der Waals surface area contributed by atoms with Crippen LogP contribution < -0.4 is 4.73 Å². The number of carbonyl (C=O) groups is 1. The number of aromatic nitrogens is 4. The predicted molar refractivity (Wildman–Crippen MR) is 71.1 cm³/mol. The zero-order chi connectivity index (χ0) is 14.6. The van der Waals surface area contributed by atoms with Gasteiger partial charge in [-0.2, -0.15) is 9.83 Å². The average Bonchev–Trinajstić information content (AvgIpc) is 3.09. The summed E-state index contributed by atoms with van der Waals surface area (Å²) >= 11 is 0. The third-order valence-corrected chi connectivity index (χ3v) is 4.50. The van der Waals surface area contributed by atoms with Gasteiger partial charge in [-0.15, -0.1) is 0 Å². The van der Waals surface area contributed by atoms with Crippen molar-refractivity contribution < 1.29 is 14.6 Å². The zero-order valence-electron chi connectivity index (χ0n) is 11.3. The highest BCUT2D eigenvalue weighted by Crippen LogP contribution is 2.56. The lowest BCUT2D eigenvalue weighted by molar-refractivity contribution is -0.605. The number of carboxylic acid groups (broad SMARTS) is 1. The molecule has 0 unspecified atom stereocenters. The number of rotatable bonds is 2. The third-order valence-electron chi connectivity index (χ3n) is 4.50. The van der Waals surface area contributed by atoms with Gasteiger partial charge in [0.25, 0.3) is 0 Å². The maximum Gasteiger partial charge on any atom is 0.356 e. The molecule has 0 amide bonds. The monoisotopic (exact) mass is 286 g/mol. The highest BCUT2D eigenvalue weighted by atomic mass is 16.5. The quantitative estimate of drug-likeness (QED) is 0.655. The van der Waals surface area contributed by atoms with Crippen LogP contribution in [0, 0.1) is 5.21 Å². The molecule has 2 aromatic rings. The van der Waals surface area contributed by atoms with E-state index in [1.807, 2.05) is 0 Å². The summed E-state index contributed by atoms with van der Waals surface area (Å²) in [7, 11) is 0. The molecule has 2 aromatic heterocycles. The minimum Gasteiger partial charge on any atom is -0.619 e. The van der Waals surface area contributed by atoms with Gasteiger partial charge in [0.05, 0.1) is 11.9 Å². The van der Waals surface area contributed by atoms with Crippen LogP contribution in [0.25, 0.3) is 5.82 Å². The smallest absolute Gasteiger partial charge is 0.356 e. The molecule has 0 aliphatic heterocycles. The highest BCUT2D eigenvalue weighted by Gasteiger charge is 2.51. The maximum atomic E-state index is 11.5. The first kappa shape index (κ1) is 12.3. The molecule has 7 heteroatoms. The minimum absolute atomic E-state index is 0.0412. The van der Waals surface area contributed by atoms with Gasteiger partial charge in [-0.1, -0.05) is 0 Å². The number of carboxylic acids is 1. The van der Waals surface area contributed by atoms with Gasteiger partial charge < -0.3 is 10.3 Å². The van der Waals surface area contributed by atoms with E-state index in [2.05, 4.69) is 10.1 Å². The van der Waals surface area contributed by atoms with Crippen molar-refractivity contribution in [3.05, 3.63) is 40.7 Å². The van der Waals surface area contributed by atoms with Crippen molar-refractivity contribution in [3.63, 3.8) is 0 Å². The lowest BCUT2D eigenvalue weighted by Gasteiger charge is -2.23. The Morgan fingerprint density at radius 2 is 2.24 bits per heavy atom. The summed E-state index contributed by atoms with van der Waals surface area (Å²) in [4.78, 5) is 15.6. The van der Waals surface area contributed by atoms with E-state index >= 15 is 0 Å². The summed E-state index contributed by atoms with van der Waals surface area (Å²) < 4.78 is 2.22. The molecular formula is C14H14N4O3. The molecule has 2 aliphatic rings. The van der Waals surface area contributed by atoms with Crippen LogP contribution in [0.4, 0.5) is 0 Å². The summed E-state index contributed by atoms with van der Waals surface area (Å²) in [5.74, 6) is -0.641. The minimum atomic E-state index is -1.02. The molecule has 1 spiro atoms. The molecule has 2 heterocycles. The molecular weight excluding hydrogens is 272 g/mol. The third kappa shape index (κ3) is 1.73. The van der Waals surface area contributed by atoms with Crippen molar-refractivity contribution in [1.82, 2.24) is 14.8 Å². The number of hydrogen-bond acceptors (Lipinski definition) is 4. The standard InChI is InChI=1S/C14H14N4O3/c19-13(20)11-9-2-1-3-14(4-5-14)12(9)18(16-11)10-8-17(21)7-6-15-10/h6-8H,1-5H2,(H,19,20). The lowest BCUT2D eigenvalue weighted by Crippen LogP contribution is -2.27. The molecule has 1 fully saturated rings. The van der Waals surface area contributed by atoms with Crippen molar-refractivity contribution in [1.29, 1.82) is 0 Å². The van der Waals surface area contributed by atoms with E-state index in [1.165, 1.54) is 18.6 Å². The molecule has 0 bridgehead atoms. The SMILES string of the molecule is O=C(O)c1nn(-c2c[n+]([O-])ccn2)c2c1CCCC21CC1. The molecule has 21 heavy (non-hydrogen) atoms. The van der Waals surface area contributed by atoms with Crippen molar-refractivity contribution >= 4 is 5.97 Å². The Morgan fingerprint density at radius 1 is 1.43 bits per heavy atom. The van der Waals surface area contributed by atoms with E-state index in [0.29, 0.717) is 10.5 Å². The van der Waals surface area contributed by atoms with Crippen molar-refractivity contribution in [3.8, 4) is 5.82 Å². The molecule has 0 radical (unpaired) electrons. The van der Waals surface area contributed by atoms with Crippen LogP contribution >= 0.6 is 0 Å². The van der Waals surface area contributed by atoms with Crippen LogP contribution in [-0.2, 0) is 11.8 Å². The van der Waals surface area contributed by atoms with E-state index in [1.54, 1.807) is 4.68 Å². The summed E-state index contributed by atoms with van der Waals surface area (Å²) in [6.45, 7) is 0. The number of fused-ring (bicyclic) bond motifs is 2. The van der Waals surface area contributed by atoms with Gasteiger partial charge in [-0.3, -0.25) is 0 Å². The van der Waals surface area contributed by atoms with Crippen LogP contribution in [0.2, 0.25) is 0 Å². The molecule has 0 saturated heterocycles. The van der Waals surface area contributed by atoms with Crippen LogP contribution in [0.1, 0.15) is 47.4 Å². The summed E-state index contributed by atoms with van der Waals surface area (Å²) in [5.41, 5.74) is 1.90. The first-order chi connectivity index (χ1) is 10.1. The number of nitrogens with zero attached hydrogens (tertiary/aromatic N) is 4. The summed E-state index contributed by atoms with van der Waals surface area (Å²) in [6.07, 6.45) is 8.89. The Hall–Kier alpha value is -2.44. The molecule has 0 aromatic carbocycles. The van der Waals surface area contributed by atoms with E-state index in [-0.39, 0.29) is 11.1 Å². The maximum absolute atomic E-state index is 11.5. The van der Waals surface area contributed by atoms with Crippen molar-refractivity contribution in [2.45, 2.75) is 37.5 Å². The Kier molecular flexibility index (Phi) is 2.36. The van der Waals surface area contributed by atoms with Gasteiger partial charge in [-0.25, -0.2) is 14.5 Å². The Labute approximate surface area is 120 Å². The second-order valence-electron chi connectivity index (χ2n) is 5.80. The second kappa shape index (κ2) is 4.03. The summed E-state index contributed by atoms with van der Waals surface area (Å²) in [6, 6.07) is 0. The highest BCUT2D eigenvalue weighted by molar-refractivity contribution is 5.88. The Morgan fingerprint density at radius 3 is 2.90 bits per heavy atom. The molecule has 1 saturated carbocycles. The van der Waals surface area contributed by atoms with Crippen LogP contribution in [0.15, 0.2) is 18.6 Å². The molecule has 108 valence electrons. The van der Waals surface area contributed by atoms with E-state index < -0.39 is 5.97 Å². The number of aromatic carboxylic acids is 1. The van der Waals surface area contributed by atoms with Gasteiger partial charge in [-0.05, 0) is 32.1 Å². The van der Waals surface area contributed by atoms with E-state index in [9.17, 15) is 15.1 Å². The Bertz CT molecular complexity index is 749. The summed E-state index contributed by atoms with van der Waals surface area (Å²) in [5, 5.41) is 25.1. The Balaban J connectivity index is 1.97. The van der Waals surface area contributed by atoms with Gasteiger partial charge in [0, 0.05) is 11.0 Å². The van der Waals surface area contributed by atoms with Crippen molar-refractivity contribution in [2.24, 2.45) is 0 Å². The predicted octanol–water partition coefficient (Wildman–Crippen LogP) is 0.967. The fraction of sp³-hybridized carbons (Fsp3) is 0.429. The first-order valence-corrected chi connectivity index (χ1v) is 7.02. The van der Waals surface area contributed by atoms with E-state index in [0.717, 1.165) is 43.4 Å². The van der Waals surface area contributed by atoms with Gasteiger partial charge in [0.15, 0.2) is 11.9 Å². The van der Waals surface area contributed by atoms with Crippen LogP contribution in [0.3, 0.4) is 0 Å². The normalized spacial score (nSPS) is 18.5. The zero-order valence-corrected chi connectivity index (χ0v) is 11.3. The van der Waals surface area contributed by atoms with Gasteiger partial charge >= 0.3 is 5.97 Å². The van der Waals surface area contributed by atoms with Crippen LogP contribution in [0.5, 0.6) is 0 Å². The topological polar surface area (TPSA) is 95.0 Å². The second-order valence-corrected chi connectivity index (χ2v) is 5.80. The molecule has 1 N–H and O–H groups in total. The fourth-order valence-electron chi connectivity index (χ4n) is 3.40. The molecule has 0 atom stereocenters. The average molecular weight is 286 g/mol. The molecule has 2 aliphatic carbocycles. The molecule has 4 rings (SSSR count). The first-order valence-electron chi connectivity index (χ1n) is 7.02. The van der Waals surface area contributed by atoms with Crippen molar-refractivity contribution in [2.75, 3.05) is 0 Å². The van der Waals surface area contributed by atoms with Gasteiger partial charge in [0.1, 0.15) is 0 Å². The van der Waals surface area contributed by atoms with Gasteiger partial charge in [0.2, 0.25) is 12.0 Å². The largest absolute Gasteiger partial charge is 0.619 e. The van der Waals surface area contributed by atoms with E-state index in [4.69, 9.17) is 0 Å². The molecule has 7 nitrogen and oxygen atoms in total. The number of hydrogen-bond donors (Lipinski definition) is 1.